The summed E-state index contributed by atoms with van der Waals surface area (Å²) >= 11 is 0. The number of rotatable bonds is 8. The number of nitrogens with zero attached hydrogens (tertiary/aromatic N) is 1. The van der Waals surface area contributed by atoms with Crippen LogP contribution in [0.4, 0.5) is 4.39 Å². The summed E-state index contributed by atoms with van der Waals surface area (Å²) in [7, 11) is 1.50. The molecule has 0 bridgehead atoms. The van der Waals surface area contributed by atoms with Crippen LogP contribution in [0.5, 0.6) is 11.5 Å². The van der Waals surface area contributed by atoms with E-state index in [2.05, 4.69) is 5.32 Å². The lowest BCUT2D eigenvalue weighted by molar-refractivity contribution is -0.117. The lowest BCUT2D eigenvalue weighted by atomic mass is 10.1. The van der Waals surface area contributed by atoms with Crippen molar-refractivity contribution in [3.05, 3.63) is 65.0 Å². The fraction of sp³-hybridized carbons (Fsp3) is 0.273. The molecule has 1 atom stereocenters. The number of benzene rings is 2. The number of amides is 1. The molecule has 146 valence electrons. The summed E-state index contributed by atoms with van der Waals surface area (Å²) < 4.78 is 24.3. The van der Waals surface area contributed by atoms with Gasteiger partial charge in [-0.1, -0.05) is 25.1 Å². The van der Waals surface area contributed by atoms with E-state index in [0.29, 0.717) is 22.6 Å². The van der Waals surface area contributed by atoms with E-state index >= 15 is 0 Å². The van der Waals surface area contributed by atoms with Crippen LogP contribution in [0.15, 0.2) is 48.0 Å². The third-order valence-corrected chi connectivity index (χ3v) is 4.14. The van der Waals surface area contributed by atoms with Crippen molar-refractivity contribution < 1.29 is 18.7 Å². The molecule has 1 N–H and O–H groups in total. The third-order valence-electron chi connectivity index (χ3n) is 4.14. The summed E-state index contributed by atoms with van der Waals surface area (Å²) in [6, 6.07) is 13.1. The Labute approximate surface area is 164 Å². The zero-order valence-corrected chi connectivity index (χ0v) is 16.2. The average molecular weight is 382 g/mol. The molecule has 1 amide bonds. The van der Waals surface area contributed by atoms with E-state index in [0.717, 1.165) is 6.42 Å². The molecule has 0 aromatic heterocycles. The summed E-state index contributed by atoms with van der Waals surface area (Å²) in [5, 5.41) is 12.1. The Morgan fingerprint density at radius 3 is 2.71 bits per heavy atom. The van der Waals surface area contributed by atoms with Gasteiger partial charge in [-0.15, -0.1) is 0 Å². The molecule has 6 heteroatoms. The number of carbonyl (C=O) groups is 1. The molecule has 5 nitrogen and oxygen atoms in total. The molecular formula is C22H23FN2O3. The molecule has 0 aliphatic rings. The van der Waals surface area contributed by atoms with Crippen molar-refractivity contribution in [1.29, 1.82) is 5.26 Å². The number of nitrogens with one attached hydrogen (secondary N) is 1. The molecule has 0 aliphatic carbocycles. The minimum atomic E-state index is -0.415. The summed E-state index contributed by atoms with van der Waals surface area (Å²) in [4.78, 5) is 12.2. The van der Waals surface area contributed by atoms with Crippen LogP contribution < -0.4 is 14.8 Å². The zero-order valence-electron chi connectivity index (χ0n) is 16.2. The molecule has 0 fully saturated rings. The third kappa shape index (κ3) is 5.85. The normalized spacial score (nSPS) is 12.0. The van der Waals surface area contributed by atoms with Crippen molar-refractivity contribution in [3.63, 3.8) is 0 Å². The number of hydrogen-bond donors (Lipinski definition) is 1. The molecule has 0 radical (unpaired) electrons. The lowest BCUT2D eigenvalue weighted by Crippen LogP contribution is -2.32. The second-order valence-corrected chi connectivity index (χ2v) is 6.28. The van der Waals surface area contributed by atoms with E-state index in [4.69, 9.17) is 9.47 Å². The first kappa shape index (κ1) is 21.0. The van der Waals surface area contributed by atoms with E-state index in [1.165, 1.54) is 25.3 Å². The van der Waals surface area contributed by atoms with Crippen LogP contribution in [0.3, 0.4) is 0 Å². The fourth-order valence-electron chi connectivity index (χ4n) is 2.40. The van der Waals surface area contributed by atoms with E-state index < -0.39 is 5.91 Å². The van der Waals surface area contributed by atoms with E-state index in [-0.39, 0.29) is 24.0 Å². The van der Waals surface area contributed by atoms with Gasteiger partial charge in [0.05, 0.1) is 7.11 Å². The molecule has 2 rings (SSSR count). The Hall–Kier alpha value is -3.33. The molecule has 0 saturated carbocycles. The van der Waals surface area contributed by atoms with Crippen molar-refractivity contribution in [2.24, 2.45) is 0 Å². The van der Waals surface area contributed by atoms with Gasteiger partial charge in [0.2, 0.25) is 0 Å². The van der Waals surface area contributed by atoms with Gasteiger partial charge in [-0.3, -0.25) is 4.79 Å². The van der Waals surface area contributed by atoms with Crippen molar-refractivity contribution in [3.8, 4) is 17.6 Å². The number of halogens is 1. The Balaban J connectivity index is 2.17. The molecule has 0 unspecified atom stereocenters. The molecule has 2 aromatic rings. The number of methoxy groups -OCH3 is 1. The fourth-order valence-corrected chi connectivity index (χ4v) is 2.40. The smallest absolute Gasteiger partial charge is 0.262 e. The highest BCUT2D eigenvalue weighted by Crippen LogP contribution is 2.29. The van der Waals surface area contributed by atoms with Crippen LogP contribution >= 0.6 is 0 Å². The van der Waals surface area contributed by atoms with Crippen LogP contribution in [0.25, 0.3) is 6.08 Å². The topological polar surface area (TPSA) is 71.4 Å². The first-order chi connectivity index (χ1) is 13.5. The zero-order chi connectivity index (χ0) is 20.5. The Kier molecular flexibility index (Phi) is 7.58. The molecule has 0 saturated heterocycles. The van der Waals surface area contributed by atoms with Crippen molar-refractivity contribution in [2.45, 2.75) is 32.9 Å². The number of carbonyl (C=O) groups excluding carboxylic acids is 1. The van der Waals surface area contributed by atoms with Crippen LogP contribution in [0.1, 0.15) is 31.4 Å². The van der Waals surface area contributed by atoms with E-state index in [1.807, 2.05) is 19.9 Å². The van der Waals surface area contributed by atoms with Gasteiger partial charge < -0.3 is 14.8 Å². The predicted molar refractivity (Wildman–Crippen MR) is 105 cm³/mol. The standard InChI is InChI=1S/C22H23FN2O3/c1-4-15(2)25-22(26)18(13-24)10-16-8-9-20(21(12-16)27-3)28-14-17-6-5-7-19(23)11-17/h5-12,15H,4,14H2,1-3H3,(H,25,26)/b18-10+/t15-/m1/s1. The summed E-state index contributed by atoms with van der Waals surface area (Å²) in [6.07, 6.45) is 2.27. The Morgan fingerprint density at radius 1 is 1.29 bits per heavy atom. The first-order valence-electron chi connectivity index (χ1n) is 8.94. The minimum absolute atomic E-state index is 0.00998. The highest BCUT2D eigenvalue weighted by atomic mass is 19.1. The monoisotopic (exact) mass is 382 g/mol. The number of hydrogen-bond acceptors (Lipinski definition) is 4. The Bertz CT molecular complexity index is 903. The maximum absolute atomic E-state index is 13.3. The van der Waals surface area contributed by atoms with Crippen LogP contribution in [0, 0.1) is 17.1 Å². The van der Waals surface area contributed by atoms with Crippen molar-refractivity contribution in [1.82, 2.24) is 5.32 Å². The van der Waals surface area contributed by atoms with Gasteiger partial charge in [0.1, 0.15) is 24.1 Å². The number of ether oxygens (including phenoxy) is 2. The molecule has 0 aliphatic heterocycles. The summed E-state index contributed by atoms with van der Waals surface area (Å²) in [5.74, 6) is 0.187. The Morgan fingerprint density at radius 2 is 2.07 bits per heavy atom. The maximum Gasteiger partial charge on any atom is 0.262 e. The quantitative estimate of drug-likeness (QED) is 0.548. The molecule has 0 spiro atoms. The van der Waals surface area contributed by atoms with Gasteiger partial charge >= 0.3 is 0 Å². The van der Waals surface area contributed by atoms with Gasteiger partial charge in [0.25, 0.3) is 5.91 Å². The lowest BCUT2D eigenvalue weighted by Gasteiger charge is -2.12. The molecule has 28 heavy (non-hydrogen) atoms. The average Bonchev–Trinajstić information content (AvgIpc) is 2.70. The predicted octanol–water partition coefficient (Wildman–Crippen LogP) is 4.23. The van der Waals surface area contributed by atoms with Gasteiger partial charge in [-0.25, -0.2) is 4.39 Å². The van der Waals surface area contributed by atoms with Crippen LogP contribution in [-0.2, 0) is 11.4 Å². The number of nitriles is 1. The highest BCUT2D eigenvalue weighted by molar-refractivity contribution is 6.01. The minimum Gasteiger partial charge on any atom is -0.493 e. The largest absolute Gasteiger partial charge is 0.493 e. The summed E-state index contributed by atoms with van der Waals surface area (Å²) in [6.45, 7) is 4.01. The second kappa shape index (κ2) is 10.1. The summed E-state index contributed by atoms with van der Waals surface area (Å²) in [5.41, 5.74) is 1.33. The molecule has 2 aromatic carbocycles. The van der Waals surface area contributed by atoms with Crippen molar-refractivity contribution >= 4 is 12.0 Å². The first-order valence-corrected chi connectivity index (χ1v) is 8.94. The van der Waals surface area contributed by atoms with E-state index in [1.54, 1.807) is 30.3 Å². The maximum atomic E-state index is 13.3. The second-order valence-electron chi connectivity index (χ2n) is 6.28. The van der Waals surface area contributed by atoms with Crippen LogP contribution in [0.2, 0.25) is 0 Å². The van der Waals surface area contributed by atoms with Crippen LogP contribution in [-0.4, -0.2) is 19.1 Å². The van der Waals surface area contributed by atoms with Crippen molar-refractivity contribution in [2.75, 3.05) is 7.11 Å². The van der Waals surface area contributed by atoms with E-state index in [9.17, 15) is 14.4 Å². The van der Waals surface area contributed by atoms with Gasteiger partial charge in [0.15, 0.2) is 11.5 Å². The molecule has 0 heterocycles. The van der Waals surface area contributed by atoms with Gasteiger partial charge in [0, 0.05) is 6.04 Å². The highest BCUT2D eigenvalue weighted by Gasteiger charge is 2.12. The SMILES string of the molecule is CC[C@@H](C)NC(=O)/C(C#N)=C/c1ccc(OCc2cccc(F)c2)c(OC)c1. The van der Waals surface area contributed by atoms with Gasteiger partial charge in [-0.2, -0.15) is 5.26 Å². The molecular weight excluding hydrogens is 359 g/mol. The van der Waals surface area contributed by atoms with Gasteiger partial charge in [-0.05, 0) is 54.8 Å².